The molecule has 202 valence electrons. The van der Waals surface area contributed by atoms with Crippen LogP contribution in [0.1, 0.15) is 28.9 Å². The first kappa shape index (κ1) is 26.8. The van der Waals surface area contributed by atoms with Gasteiger partial charge in [-0.2, -0.15) is 0 Å². The molecule has 1 amide bonds. The van der Waals surface area contributed by atoms with Gasteiger partial charge in [0.1, 0.15) is 17.4 Å². The third-order valence-electron chi connectivity index (χ3n) is 7.38. The van der Waals surface area contributed by atoms with Gasteiger partial charge >= 0.3 is 0 Å². The number of likely N-dealkylation sites (tertiary alicyclic amines) is 1. The van der Waals surface area contributed by atoms with E-state index in [9.17, 15) is 9.59 Å². The number of carbonyl (C=O) groups excluding carboxylic acids is 1. The summed E-state index contributed by atoms with van der Waals surface area (Å²) in [4.78, 5) is 31.0. The maximum Gasteiger partial charge on any atom is 0.284 e. The molecule has 2 fully saturated rings. The van der Waals surface area contributed by atoms with Crippen LogP contribution in [0.25, 0.3) is 5.69 Å². The van der Waals surface area contributed by atoms with Crippen LogP contribution in [0, 0.1) is 6.92 Å². The molecule has 1 atom stereocenters. The lowest BCUT2D eigenvalue weighted by atomic mass is 10.1. The molecule has 3 aromatic rings. The molecule has 38 heavy (non-hydrogen) atoms. The van der Waals surface area contributed by atoms with Gasteiger partial charge in [-0.05, 0) is 44.0 Å². The number of amides is 1. The second-order valence-electron chi connectivity index (χ2n) is 9.87. The summed E-state index contributed by atoms with van der Waals surface area (Å²) in [5.74, 6) is 0.491. The third-order valence-corrected chi connectivity index (χ3v) is 8.12. The molecule has 0 radical (unpaired) electrons. The number of piperidine rings is 1. The van der Waals surface area contributed by atoms with Crippen LogP contribution in [0.3, 0.4) is 0 Å². The van der Waals surface area contributed by atoms with Gasteiger partial charge < -0.3 is 19.3 Å². The van der Waals surface area contributed by atoms with E-state index in [1.807, 2.05) is 43.3 Å². The van der Waals surface area contributed by atoms with Gasteiger partial charge in [-0.3, -0.25) is 14.3 Å². The van der Waals surface area contributed by atoms with Gasteiger partial charge in [0.25, 0.3) is 11.5 Å². The minimum atomic E-state index is -0.298. The van der Waals surface area contributed by atoms with Crippen LogP contribution in [0.2, 0.25) is 10.0 Å². The summed E-state index contributed by atoms with van der Waals surface area (Å²) in [7, 11) is 1.80. The quantitative estimate of drug-likeness (QED) is 0.454. The first-order chi connectivity index (χ1) is 18.3. The maximum atomic E-state index is 13.5. The van der Waals surface area contributed by atoms with Gasteiger partial charge in [0.2, 0.25) is 0 Å². The highest BCUT2D eigenvalue weighted by atomic mass is 35.5. The molecule has 2 saturated heterocycles. The van der Waals surface area contributed by atoms with Gasteiger partial charge in [0, 0.05) is 45.8 Å². The Kier molecular flexibility index (Phi) is 8.14. The number of hydrogen-bond donors (Lipinski definition) is 0. The zero-order valence-corrected chi connectivity index (χ0v) is 23.1. The fourth-order valence-corrected chi connectivity index (χ4v) is 5.52. The molecule has 0 N–H and O–H groups in total. The molecule has 3 heterocycles. The molecule has 1 unspecified atom stereocenters. The molecule has 10 heteroatoms. The molecule has 2 aliphatic rings. The largest absolute Gasteiger partial charge is 0.490 e. The molecule has 0 spiro atoms. The average Bonchev–Trinajstić information content (AvgIpc) is 3.15. The molecule has 5 rings (SSSR count). The highest BCUT2D eigenvalue weighted by Crippen LogP contribution is 2.28. The lowest BCUT2D eigenvalue weighted by molar-refractivity contribution is -0.0414. The first-order valence-corrected chi connectivity index (χ1v) is 13.7. The van der Waals surface area contributed by atoms with E-state index in [0.717, 1.165) is 43.9 Å². The first-order valence-electron chi connectivity index (χ1n) is 12.9. The van der Waals surface area contributed by atoms with Crippen LogP contribution in [-0.4, -0.2) is 76.6 Å². The molecule has 2 aromatic carbocycles. The predicted molar refractivity (Wildman–Crippen MR) is 148 cm³/mol. The minimum Gasteiger partial charge on any atom is -0.490 e. The number of morpholine rings is 1. The van der Waals surface area contributed by atoms with Gasteiger partial charge in [-0.15, -0.1) is 0 Å². The predicted octanol–water partition coefficient (Wildman–Crippen LogP) is 4.18. The molecular weight excluding hydrogens is 527 g/mol. The molecule has 2 aliphatic heterocycles. The molecule has 0 bridgehead atoms. The summed E-state index contributed by atoms with van der Waals surface area (Å²) >= 11 is 12.1. The normalized spacial score (nSPS) is 19.1. The maximum absolute atomic E-state index is 13.5. The molecule has 0 aliphatic carbocycles. The summed E-state index contributed by atoms with van der Waals surface area (Å²) in [5.41, 5.74) is 1.30. The number of halogens is 2. The number of carbonyl (C=O) groups is 1. The number of rotatable bonds is 6. The van der Waals surface area contributed by atoms with Crippen LogP contribution < -0.4 is 10.3 Å². The van der Waals surface area contributed by atoms with Crippen molar-refractivity contribution in [3.8, 4) is 11.4 Å². The van der Waals surface area contributed by atoms with Gasteiger partial charge in [-0.25, -0.2) is 4.68 Å². The Bertz CT molecular complexity index is 1350. The Morgan fingerprint density at radius 3 is 2.50 bits per heavy atom. The number of aromatic nitrogens is 2. The summed E-state index contributed by atoms with van der Waals surface area (Å²) in [6.07, 6.45) is 1.78. The van der Waals surface area contributed by atoms with Crippen molar-refractivity contribution < 1.29 is 14.3 Å². The summed E-state index contributed by atoms with van der Waals surface area (Å²) in [6.45, 7) is 5.66. The summed E-state index contributed by atoms with van der Waals surface area (Å²) in [6, 6.07) is 14.7. The Morgan fingerprint density at radius 2 is 1.79 bits per heavy atom. The van der Waals surface area contributed by atoms with E-state index in [2.05, 4.69) is 4.90 Å². The Balaban J connectivity index is 1.19. The molecular formula is C28H32Cl2N4O4. The van der Waals surface area contributed by atoms with E-state index in [0.29, 0.717) is 35.4 Å². The highest BCUT2D eigenvalue weighted by molar-refractivity contribution is 6.42. The topological polar surface area (TPSA) is 68.9 Å². The van der Waals surface area contributed by atoms with Gasteiger partial charge in [0.15, 0.2) is 0 Å². The second kappa shape index (κ2) is 11.5. The Hall–Kier alpha value is -2.78. The van der Waals surface area contributed by atoms with E-state index < -0.39 is 0 Å². The van der Waals surface area contributed by atoms with Crippen molar-refractivity contribution in [2.45, 2.75) is 32.0 Å². The SMILES string of the molecule is Cc1c(C(=O)N2CCOC(CN3CCC(Oc4ccc(Cl)c(Cl)c4)CC3)C2)c(=O)n(-c2ccccc2)n1C. The van der Waals surface area contributed by atoms with Crippen LogP contribution in [0.15, 0.2) is 53.3 Å². The molecule has 8 nitrogen and oxygen atoms in total. The van der Waals surface area contributed by atoms with E-state index in [-0.39, 0.29) is 29.2 Å². The zero-order chi connectivity index (χ0) is 26.8. The summed E-state index contributed by atoms with van der Waals surface area (Å²) in [5, 5.41) is 0.998. The fourth-order valence-electron chi connectivity index (χ4n) is 5.23. The zero-order valence-electron chi connectivity index (χ0n) is 21.6. The van der Waals surface area contributed by atoms with Gasteiger partial charge in [0.05, 0.1) is 34.1 Å². The lowest BCUT2D eigenvalue weighted by Crippen LogP contribution is -2.51. The lowest BCUT2D eigenvalue weighted by Gasteiger charge is -2.38. The van der Waals surface area contributed by atoms with Crippen molar-refractivity contribution in [1.29, 1.82) is 0 Å². The van der Waals surface area contributed by atoms with Crippen molar-refractivity contribution in [3.05, 3.63) is 80.2 Å². The van der Waals surface area contributed by atoms with Gasteiger partial charge in [-0.1, -0.05) is 41.4 Å². The van der Waals surface area contributed by atoms with Crippen molar-refractivity contribution in [2.75, 3.05) is 39.3 Å². The highest BCUT2D eigenvalue weighted by Gasteiger charge is 2.32. The van der Waals surface area contributed by atoms with Crippen LogP contribution >= 0.6 is 23.2 Å². The van der Waals surface area contributed by atoms with Crippen molar-refractivity contribution in [2.24, 2.45) is 7.05 Å². The van der Waals surface area contributed by atoms with E-state index in [1.54, 1.807) is 33.4 Å². The van der Waals surface area contributed by atoms with Crippen LogP contribution in [-0.2, 0) is 11.8 Å². The van der Waals surface area contributed by atoms with Crippen molar-refractivity contribution in [1.82, 2.24) is 19.2 Å². The molecule has 1 aromatic heterocycles. The Labute approximate surface area is 232 Å². The van der Waals surface area contributed by atoms with E-state index >= 15 is 0 Å². The van der Waals surface area contributed by atoms with Crippen LogP contribution in [0.5, 0.6) is 5.75 Å². The third kappa shape index (κ3) is 5.64. The van der Waals surface area contributed by atoms with E-state index in [1.165, 1.54) is 0 Å². The van der Waals surface area contributed by atoms with Crippen molar-refractivity contribution in [3.63, 3.8) is 0 Å². The Morgan fingerprint density at radius 1 is 1.05 bits per heavy atom. The van der Waals surface area contributed by atoms with Crippen LogP contribution in [0.4, 0.5) is 0 Å². The van der Waals surface area contributed by atoms with E-state index in [4.69, 9.17) is 32.7 Å². The minimum absolute atomic E-state index is 0.111. The number of nitrogens with zero attached hydrogens (tertiary/aromatic N) is 4. The number of para-hydroxylation sites is 1. The molecule has 0 saturated carbocycles. The fraction of sp³-hybridized carbons (Fsp3) is 0.429. The van der Waals surface area contributed by atoms with Crippen molar-refractivity contribution >= 4 is 29.1 Å². The standard InChI is InChI=1S/C28H32Cl2N4O4/c1-19-26(28(36)34(31(19)2)20-6-4-3-5-7-20)27(35)33-14-15-37-23(18-33)17-32-12-10-21(11-13-32)38-22-8-9-24(29)25(30)16-22/h3-9,16,21,23H,10-15,17-18H2,1-2H3. The smallest absolute Gasteiger partial charge is 0.284 e. The number of hydrogen-bond acceptors (Lipinski definition) is 5. The number of ether oxygens (including phenoxy) is 2. The summed E-state index contributed by atoms with van der Waals surface area (Å²) < 4.78 is 15.4. The second-order valence-corrected chi connectivity index (χ2v) is 10.7. The number of benzene rings is 2. The monoisotopic (exact) mass is 558 g/mol. The average molecular weight is 559 g/mol.